The molecule has 0 aromatic rings. The van der Waals surface area contributed by atoms with E-state index in [1.54, 1.807) is 0 Å². The summed E-state index contributed by atoms with van der Waals surface area (Å²) in [6.45, 7) is -2.42. The van der Waals surface area contributed by atoms with Gasteiger partial charge in [0.25, 0.3) is 12.6 Å². The Morgan fingerprint density at radius 2 is 1.69 bits per heavy atom. The van der Waals surface area contributed by atoms with Gasteiger partial charge in [-0.1, -0.05) is 0 Å². The predicted octanol–water partition coefficient (Wildman–Crippen LogP) is 1.70. The number of hydrogen-bond acceptors (Lipinski definition) is 2. The topological polar surface area (TPSA) is 26.3 Å². The third-order valence-electron chi connectivity index (χ3n) is 1.00. The first kappa shape index (κ1) is 12.0. The molecule has 8 heteroatoms. The lowest BCUT2D eigenvalue weighted by Crippen LogP contribution is -2.44. The number of hydrogen-bond donors (Lipinski definition) is 0. The lowest BCUT2D eigenvalue weighted by Gasteiger charge is -2.21. The minimum atomic E-state index is -5.67. The van der Waals surface area contributed by atoms with Crippen molar-refractivity contribution in [3.05, 3.63) is 0 Å². The van der Waals surface area contributed by atoms with Crippen LogP contribution in [0.5, 0.6) is 0 Å². The largest absolute Gasteiger partial charge is 0.461 e. The lowest BCUT2D eigenvalue weighted by atomic mass is 10.2. The molecule has 0 aromatic carbocycles. The molecule has 0 fully saturated rings. The summed E-state index contributed by atoms with van der Waals surface area (Å²) in [5.74, 6) is -4.75. The molecule has 0 amide bonds. The van der Waals surface area contributed by atoms with E-state index >= 15 is 0 Å². The molecule has 0 radical (unpaired) electrons. The zero-order valence-electron chi connectivity index (χ0n) is 5.95. The van der Waals surface area contributed by atoms with Crippen LogP contribution in [0.3, 0.4) is 0 Å². The predicted molar refractivity (Wildman–Crippen MR) is 27.9 cm³/mol. The van der Waals surface area contributed by atoms with Gasteiger partial charge in [0.1, 0.15) is 0 Å². The van der Waals surface area contributed by atoms with Gasteiger partial charge in [-0.15, -0.1) is 0 Å². The van der Waals surface area contributed by atoms with Gasteiger partial charge in [0.15, 0.2) is 6.61 Å². The molecule has 0 aromatic heterocycles. The molecule has 2 nitrogen and oxygen atoms in total. The maximum absolute atomic E-state index is 12.1. The smallest absolute Gasteiger partial charge is 0.425 e. The fourth-order valence-corrected chi connectivity index (χ4v) is 0.458. The summed E-state index contributed by atoms with van der Waals surface area (Å²) in [4.78, 5) is 9.36. The van der Waals surface area contributed by atoms with E-state index < -0.39 is 31.3 Å². The summed E-state index contributed by atoms with van der Waals surface area (Å²) in [5.41, 5.74) is 0. The molecular formula is C5H4F6O2. The molecule has 0 heterocycles. The van der Waals surface area contributed by atoms with E-state index in [0.29, 0.717) is 0 Å². The Kier molecular flexibility index (Phi) is 3.56. The zero-order valence-corrected chi connectivity index (χ0v) is 5.95. The van der Waals surface area contributed by atoms with Crippen molar-refractivity contribution in [3.8, 4) is 0 Å². The third kappa shape index (κ3) is 3.51. The van der Waals surface area contributed by atoms with Gasteiger partial charge in [-0.25, -0.2) is 4.39 Å². The highest BCUT2D eigenvalue weighted by Crippen LogP contribution is 2.34. The first-order chi connectivity index (χ1) is 5.72. The highest BCUT2D eigenvalue weighted by Gasteiger charge is 2.57. The molecule has 0 bridgehead atoms. The highest BCUT2D eigenvalue weighted by molar-refractivity contribution is 5.37. The van der Waals surface area contributed by atoms with E-state index in [-0.39, 0.29) is 0 Å². The van der Waals surface area contributed by atoms with Crippen molar-refractivity contribution in [3.63, 3.8) is 0 Å². The Morgan fingerprint density at radius 1 is 1.23 bits per heavy atom. The first-order valence-electron chi connectivity index (χ1n) is 2.85. The van der Waals surface area contributed by atoms with Crippen LogP contribution >= 0.6 is 0 Å². The van der Waals surface area contributed by atoms with Gasteiger partial charge in [0, 0.05) is 0 Å². The maximum Gasteiger partial charge on any atom is 0.425 e. The molecule has 13 heavy (non-hydrogen) atoms. The van der Waals surface area contributed by atoms with Crippen LogP contribution in [0.1, 0.15) is 0 Å². The van der Waals surface area contributed by atoms with Crippen LogP contribution in [0.4, 0.5) is 26.3 Å². The zero-order chi connectivity index (χ0) is 10.7. The molecule has 0 spiro atoms. The molecule has 0 aliphatic carbocycles. The Balaban J connectivity index is 4.34. The van der Waals surface area contributed by atoms with E-state index in [2.05, 4.69) is 4.74 Å². The molecule has 1 atom stereocenters. The van der Waals surface area contributed by atoms with Crippen molar-refractivity contribution in [1.29, 1.82) is 0 Å². The van der Waals surface area contributed by atoms with Crippen LogP contribution < -0.4 is 0 Å². The second-order valence-corrected chi connectivity index (χ2v) is 2.07. The van der Waals surface area contributed by atoms with Crippen molar-refractivity contribution in [2.75, 3.05) is 6.61 Å². The van der Waals surface area contributed by atoms with Gasteiger partial charge in [-0.2, -0.15) is 22.0 Å². The normalized spacial score (nSPS) is 15.2. The molecule has 0 aliphatic heterocycles. The van der Waals surface area contributed by atoms with Crippen molar-refractivity contribution >= 4 is 6.47 Å². The van der Waals surface area contributed by atoms with Crippen LogP contribution in [-0.4, -0.2) is 31.3 Å². The molecule has 78 valence electrons. The highest BCUT2D eigenvalue weighted by atomic mass is 19.4. The summed E-state index contributed by atoms with van der Waals surface area (Å²) in [6, 6.07) is 0. The molecule has 0 unspecified atom stereocenters. The number of carbonyl (C=O) groups is 1. The third-order valence-corrected chi connectivity index (χ3v) is 1.00. The fourth-order valence-electron chi connectivity index (χ4n) is 0.458. The van der Waals surface area contributed by atoms with Crippen LogP contribution in [-0.2, 0) is 9.53 Å². The molecule has 0 aliphatic rings. The lowest BCUT2D eigenvalue weighted by molar-refractivity contribution is -0.253. The Bertz CT molecular complexity index is 176. The van der Waals surface area contributed by atoms with E-state index in [4.69, 9.17) is 0 Å². The quantitative estimate of drug-likeness (QED) is 0.521. The van der Waals surface area contributed by atoms with Gasteiger partial charge in [0.2, 0.25) is 0 Å². The molecule has 0 saturated carbocycles. The van der Waals surface area contributed by atoms with Crippen LogP contribution in [0.15, 0.2) is 0 Å². The molecule has 0 saturated heterocycles. The van der Waals surface area contributed by atoms with Gasteiger partial charge in [-0.3, -0.25) is 4.79 Å². The van der Waals surface area contributed by atoms with Crippen molar-refractivity contribution < 1.29 is 35.9 Å². The minimum absolute atomic E-state index is 0.489. The second-order valence-electron chi connectivity index (χ2n) is 2.07. The number of ether oxygens (including phenoxy) is 1. The average Bonchev–Trinajstić information content (AvgIpc) is 1.98. The van der Waals surface area contributed by atoms with E-state index in [1.807, 2.05) is 0 Å². The summed E-state index contributed by atoms with van der Waals surface area (Å²) in [5, 5.41) is 0. The fraction of sp³-hybridized carbons (Fsp3) is 0.800. The van der Waals surface area contributed by atoms with E-state index in [1.165, 1.54) is 0 Å². The van der Waals surface area contributed by atoms with Gasteiger partial charge in [-0.05, 0) is 0 Å². The minimum Gasteiger partial charge on any atom is -0.461 e. The Hall–Kier alpha value is -0.950. The van der Waals surface area contributed by atoms with Gasteiger partial charge >= 0.3 is 12.1 Å². The van der Waals surface area contributed by atoms with Crippen molar-refractivity contribution in [2.24, 2.45) is 0 Å². The number of carbonyl (C=O) groups excluding carboxylic acids is 1. The second kappa shape index (κ2) is 3.84. The van der Waals surface area contributed by atoms with Crippen LogP contribution in [0.25, 0.3) is 0 Å². The number of halogens is 6. The summed E-state index contributed by atoms with van der Waals surface area (Å²) >= 11 is 0. The van der Waals surface area contributed by atoms with Crippen molar-refractivity contribution in [2.45, 2.75) is 18.3 Å². The average molecular weight is 210 g/mol. The standard InChI is InChI=1S/C5H4F6O2/c6-3(5(9,10)11)4(7,8)1-13-2-12/h2-3H,1H2/t3-/m0/s1. The number of rotatable bonds is 4. The van der Waals surface area contributed by atoms with E-state index in [9.17, 15) is 31.1 Å². The SMILES string of the molecule is O=COCC(F)(F)[C@H](F)C(F)(F)F. The Morgan fingerprint density at radius 3 is 2.00 bits per heavy atom. The molecule has 0 rings (SSSR count). The van der Waals surface area contributed by atoms with E-state index in [0.717, 1.165) is 0 Å². The summed E-state index contributed by atoms with van der Waals surface area (Å²) < 4.78 is 73.6. The first-order valence-corrected chi connectivity index (χ1v) is 2.85. The van der Waals surface area contributed by atoms with Gasteiger partial charge in [0.05, 0.1) is 0 Å². The van der Waals surface area contributed by atoms with Gasteiger partial charge < -0.3 is 4.74 Å². The summed E-state index contributed by atoms with van der Waals surface area (Å²) in [7, 11) is 0. The van der Waals surface area contributed by atoms with Crippen LogP contribution in [0, 0.1) is 0 Å². The monoisotopic (exact) mass is 210 g/mol. The molecular weight excluding hydrogens is 206 g/mol. The van der Waals surface area contributed by atoms with Crippen molar-refractivity contribution in [1.82, 2.24) is 0 Å². The summed E-state index contributed by atoms with van der Waals surface area (Å²) in [6.07, 6.45) is -10.0. The van der Waals surface area contributed by atoms with Crippen LogP contribution in [0.2, 0.25) is 0 Å². The molecule has 0 N–H and O–H groups in total. The number of alkyl halides is 6. The maximum atomic E-state index is 12.1. The Labute approximate surface area is 68.5 Å².